The number of hydroxylamine groups is 2. The molecule has 0 aromatic heterocycles. The topological polar surface area (TPSA) is 23.1 Å². The third-order valence-electron chi connectivity index (χ3n) is 2.37. The molecule has 1 atom stereocenters. The van der Waals surface area contributed by atoms with Crippen LogP contribution in [0.4, 0.5) is 5.69 Å². The third kappa shape index (κ3) is 1.54. The number of hydrogen-bond acceptors (Lipinski definition) is 2. The highest BCUT2D eigenvalue weighted by molar-refractivity contribution is 7.99. The SMILES string of the molecule is CCC[N+]1([O-])CSc2cccc(Cl)c21. The van der Waals surface area contributed by atoms with Crippen molar-refractivity contribution in [3.05, 3.63) is 28.4 Å². The predicted octanol–water partition coefficient (Wildman–Crippen LogP) is 3.62. The molecule has 4 heteroatoms. The molecule has 0 radical (unpaired) electrons. The third-order valence-corrected chi connectivity index (χ3v) is 3.86. The number of nitrogens with zero attached hydrogens (tertiary/aromatic N) is 1. The highest BCUT2D eigenvalue weighted by atomic mass is 35.5. The Hall–Kier alpha value is -0.220. The summed E-state index contributed by atoms with van der Waals surface area (Å²) in [6.07, 6.45) is 0.884. The van der Waals surface area contributed by atoms with E-state index in [0.29, 0.717) is 17.4 Å². The molecule has 0 N–H and O–H groups in total. The van der Waals surface area contributed by atoms with Crippen molar-refractivity contribution < 1.29 is 0 Å². The first-order valence-electron chi connectivity index (χ1n) is 4.67. The van der Waals surface area contributed by atoms with Crippen molar-refractivity contribution in [1.82, 2.24) is 4.65 Å². The largest absolute Gasteiger partial charge is 0.627 e. The molecule has 14 heavy (non-hydrogen) atoms. The summed E-state index contributed by atoms with van der Waals surface area (Å²) in [7, 11) is 0. The minimum absolute atomic E-state index is 0.268. The van der Waals surface area contributed by atoms with Gasteiger partial charge in [0.25, 0.3) is 0 Å². The van der Waals surface area contributed by atoms with Crippen molar-refractivity contribution in [2.45, 2.75) is 18.2 Å². The van der Waals surface area contributed by atoms with Crippen LogP contribution in [-0.2, 0) is 0 Å². The summed E-state index contributed by atoms with van der Waals surface area (Å²) in [5.74, 6) is 0.562. The lowest BCUT2D eigenvalue weighted by molar-refractivity contribution is 0.432. The van der Waals surface area contributed by atoms with Crippen molar-refractivity contribution >= 4 is 29.1 Å². The molecule has 2 nitrogen and oxygen atoms in total. The maximum atomic E-state index is 12.4. The molecule has 1 unspecified atom stereocenters. The van der Waals surface area contributed by atoms with E-state index in [1.54, 1.807) is 17.8 Å². The lowest BCUT2D eigenvalue weighted by Crippen LogP contribution is -2.40. The van der Waals surface area contributed by atoms with Gasteiger partial charge in [0.2, 0.25) is 0 Å². The summed E-state index contributed by atoms with van der Waals surface area (Å²) in [6, 6.07) is 5.67. The predicted molar refractivity (Wildman–Crippen MR) is 62.5 cm³/mol. The fourth-order valence-electron chi connectivity index (χ4n) is 1.78. The van der Waals surface area contributed by atoms with E-state index in [-0.39, 0.29) is 4.65 Å². The first-order valence-corrected chi connectivity index (χ1v) is 6.04. The minimum atomic E-state index is -0.268. The van der Waals surface area contributed by atoms with Gasteiger partial charge in [-0.1, -0.05) is 36.4 Å². The molecule has 1 aromatic rings. The summed E-state index contributed by atoms with van der Waals surface area (Å²) < 4.78 is -0.268. The van der Waals surface area contributed by atoms with Gasteiger partial charge in [0, 0.05) is 0 Å². The molecule has 0 spiro atoms. The summed E-state index contributed by atoms with van der Waals surface area (Å²) in [6.45, 7) is 2.64. The maximum absolute atomic E-state index is 12.4. The van der Waals surface area contributed by atoms with Gasteiger partial charge in [-0.15, -0.1) is 0 Å². The molecule has 0 amide bonds. The fraction of sp³-hybridized carbons (Fsp3) is 0.400. The number of para-hydroxylation sites is 1. The Kier molecular flexibility index (Phi) is 2.75. The number of thioether (sulfide) groups is 1. The van der Waals surface area contributed by atoms with Crippen LogP contribution < -0.4 is 4.65 Å². The lowest BCUT2D eigenvalue weighted by Gasteiger charge is -2.37. The number of halogens is 1. The van der Waals surface area contributed by atoms with Crippen molar-refractivity contribution in [2.75, 3.05) is 12.4 Å². The Morgan fingerprint density at radius 3 is 3.07 bits per heavy atom. The highest BCUT2D eigenvalue weighted by Gasteiger charge is 2.32. The second-order valence-corrected chi connectivity index (χ2v) is 4.87. The molecular formula is C10H12ClNOS. The molecule has 0 aliphatic carbocycles. The van der Waals surface area contributed by atoms with Crippen LogP contribution in [0.2, 0.25) is 5.02 Å². The van der Waals surface area contributed by atoms with E-state index in [4.69, 9.17) is 11.6 Å². The van der Waals surface area contributed by atoms with Crippen LogP contribution in [0, 0.1) is 5.21 Å². The van der Waals surface area contributed by atoms with E-state index in [1.807, 2.05) is 19.1 Å². The van der Waals surface area contributed by atoms with Gasteiger partial charge >= 0.3 is 0 Å². The number of hydrogen-bond donors (Lipinski definition) is 0. The van der Waals surface area contributed by atoms with Gasteiger partial charge in [0.15, 0.2) is 5.69 Å². The van der Waals surface area contributed by atoms with Gasteiger partial charge < -0.3 is 9.85 Å². The molecule has 0 saturated carbocycles. The second kappa shape index (κ2) is 3.74. The molecule has 1 aliphatic rings. The molecule has 76 valence electrons. The number of benzene rings is 1. The molecule has 0 fully saturated rings. The van der Waals surface area contributed by atoms with Crippen LogP contribution in [0.1, 0.15) is 13.3 Å². The van der Waals surface area contributed by atoms with Crippen LogP contribution in [0.15, 0.2) is 23.1 Å². The summed E-state index contributed by atoms with van der Waals surface area (Å²) in [5.41, 5.74) is 0.765. The smallest absolute Gasteiger partial charge is 0.166 e. The molecule has 0 bridgehead atoms. The second-order valence-electron chi connectivity index (χ2n) is 3.47. The monoisotopic (exact) mass is 229 g/mol. The van der Waals surface area contributed by atoms with Crippen LogP contribution in [-0.4, -0.2) is 12.4 Å². The van der Waals surface area contributed by atoms with Crippen molar-refractivity contribution in [3.8, 4) is 0 Å². The Morgan fingerprint density at radius 1 is 1.57 bits per heavy atom. The van der Waals surface area contributed by atoms with E-state index in [9.17, 15) is 5.21 Å². The normalized spacial score (nSPS) is 25.1. The highest BCUT2D eigenvalue weighted by Crippen LogP contribution is 2.47. The van der Waals surface area contributed by atoms with E-state index in [2.05, 4.69) is 0 Å². The quantitative estimate of drug-likeness (QED) is 0.571. The average molecular weight is 230 g/mol. The number of quaternary nitrogens is 1. The van der Waals surface area contributed by atoms with Gasteiger partial charge in [-0.25, -0.2) is 0 Å². The van der Waals surface area contributed by atoms with E-state index in [0.717, 1.165) is 17.0 Å². The summed E-state index contributed by atoms with van der Waals surface area (Å²) >= 11 is 7.67. The van der Waals surface area contributed by atoms with Crippen molar-refractivity contribution in [1.29, 1.82) is 0 Å². The Bertz CT molecular complexity index is 354. The fourth-order valence-corrected chi connectivity index (χ4v) is 3.36. The minimum Gasteiger partial charge on any atom is -0.627 e. The van der Waals surface area contributed by atoms with Crippen LogP contribution in [0.25, 0.3) is 0 Å². The van der Waals surface area contributed by atoms with Crippen LogP contribution in [0.5, 0.6) is 0 Å². The maximum Gasteiger partial charge on any atom is 0.166 e. The first kappa shape index (κ1) is 10.3. The summed E-state index contributed by atoms with van der Waals surface area (Å²) in [5, 5.41) is 13.0. The molecule has 2 rings (SSSR count). The molecule has 0 saturated heterocycles. The van der Waals surface area contributed by atoms with E-state index < -0.39 is 0 Å². The lowest BCUT2D eigenvalue weighted by atomic mass is 10.3. The van der Waals surface area contributed by atoms with Gasteiger partial charge in [-0.3, -0.25) is 0 Å². The van der Waals surface area contributed by atoms with Crippen molar-refractivity contribution in [3.63, 3.8) is 0 Å². The Morgan fingerprint density at radius 2 is 2.36 bits per heavy atom. The van der Waals surface area contributed by atoms with Gasteiger partial charge in [-0.2, -0.15) is 0 Å². The van der Waals surface area contributed by atoms with Crippen molar-refractivity contribution in [2.24, 2.45) is 0 Å². The average Bonchev–Trinajstić information content (AvgIpc) is 2.46. The summed E-state index contributed by atoms with van der Waals surface area (Å²) in [4.78, 5) is 1.04. The zero-order valence-electron chi connectivity index (χ0n) is 8.00. The zero-order chi connectivity index (χ0) is 10.2. The standard InChI is InChI=1S/C10H12ClNOS/c1-2-6-12(13)7-14-9-5-3-4-8(11)10(9)12/h3-5H,2,6-7H2,1H3. The van der Waals surface area contributed by atoms with Crippen LogP contribution >= 0.6 is 23.4 Å². The number of rotatable bonds is 2. The number of fused-ring (bicyclic) bond motifs is 1. The van der Waals surface area contributed by atoms with Gasteiger partial charge in [-0.05, 0) is 18.6 Å². The first-order chi connectivity index (χ1) is 6.67. The Labute approximate surface area is 93.0 Å². The molecular weight excluding hydrogens is 218 g/mol. The Balaban J connectivity index is 2.47. The zero-order valence-corrected chi connectivity index (χ0v) is 9.57. The van der Waals surface area contributed by atoms with Gasteiger partial charge in [0.05, 0.1) is 11.4 Å². The van der Waals surface area contributed by atoms with E-state index >= 15 is 0 Å². The van der Waals surface area contributed by atoms with Gasteiger partial charge in [0.1, 0.15) is 10.9 Å². The van der Waals surface area contributed by atoms with Crippen LogP contribution in [0.3, 0.4) is 0 Å². The molecule has 1 aromatic carbocycles. The van der Waals surface area contributed by atoms with E-state index in [1.165, 1.54) is 0 Å². The molecule has 1 aliphatic heterocycles. The molecule has 1 heterocycles.